The number of nitrogens with zero attached hydrogens (tertiary/aromatic N) is 1. The molecule has 0 rings (SSSR count). The second-order valence-corrected chi connectivity index (χ2v) is 27.1. The first-order chi connectivity index (χ1) is 18.9. The summed E-state index contributed by atoms with van der Waals surface area (Å²) in [6.45, 7) is 29.2. The molecule has 0 aromatic rings. The Bertz CT molecular complexity index is 734. The van der Waals surface area contributed by atoms with Crippen molar-refractivity contribution in [1.82, 2.24) is 4.90 Å². The zero-order valence-corrected chi connectivity index (χ0v) is 32.4. The van der Waals surface area contributed by atoms with Gasteiger partial charge in [-0.2, -0.15) is 0 Å². The van der Waals surface area contributed by atoms with E-state index >= 15 is 0 Å². The summed E-state index contributed by atoms with van der Waals surface area (Å²) in [6.07, 6.45) is 0.673. The van der Waals surface area contributed by atoms with E-state index in [2.05, 4.69) is 88.0 Å². The highest BCUT2D eigenvalue weighted by atomic mass is 28.4. The van der Waals surface area contributed by atoms with Crippen LogP contribution in [0.3, 0.4) is 0 Å². The summed E-state index contributed by atoms with van der Waals surface area (Å²) in [7, 11) is -2.92. The molecular weight excluding hydrogens is 571 g/mol. The molecule has 0 spiro atoms. The minimum atomic E-state index is -2.77. The van der Waals surface area contributed by atoms with Crippen molar-refractivity contribution < 1.29 is 31.7 Å². The van der Waals surface area contributed by atoms with Crippen LogP contribution in [-0.2, 0) is 31.7 Å². The molecule has 244 valence electrons. The summed E-state index contributed by atoms with van der Waals surface area (Å²) in [6, 6.07) is -0.121. The second-order valence-electron chi connectivity index (χ2n) is 13.3. The first-order valence-electron chi connectivity index (χ1n) is 15.7. The molecular formula is C30H65NO7Si3. The zero-order valence-electron chi connectivity index (χ0n) is 29.4. The van der Waals surface area contributed by atoms with Crippen molar-refractivity contribution in [3.8, 4) is 0 Å². The Morgan fingerprint density at radius 1 is 0.634 bits per heavy atom. The van der Waals surface area contributed by atoms with Gasteiger partial charge in [-0.05, 0) is 52.8 Å². The van der Waals surface area contributed by atoms with E-state index in [4.69, 9.17) is 22.1 Å². The Labute approximate surface area is 256 Å². The van der Waals surface area contributed by atoms with E-state index in [1.807, 2.05) is 6.92 Å². The second kappa shape index (κ2) is 17.7. The number of carbonyl (C=O) groups is 2. The predicted octanol–water partition coefficient (Wildman–Crippen LogP) is 7.77. The quantitative estimate of drug-likeness (QED) is 0.126. The number of rotatable bonds is 20. The van der Waals surface area contributed by atoms with Gasteiger partial charge in [0.05, 0.1) is 6.42 Å². The lowest BCUT2D eigenvalue weighted by Crippen LogP contribution is -2.55. The predicted molar refractivity (Wildman–Crippen MR) is 176 cm³/mol. The fourth-order valence-corrected chi connectivity index (χ4v) is 19.4. The van der Waals surface area contributed by atoms with Crippen LogP contribution in [0.2, 0.25) is 39.3 Å². The molecule has 0 bridgehead atoms. The third-order valence-electron chi connectivity index (χ3n) is 9.32. The average Bonchev–Trinajstić information content (AvgIpc) is 2.88. The van der Waals surface area contributed by atoms with Crippen molar-refractivity contribution in [2.75, 3.05) is 34.4 Å². The van der Waals surface area contributed by atoms with Crippen molar-refractivity contribution >= 4 is 37.4 Å². The molecule has 0 aliphatic rings. The molecule has 0 heterocycles. The van der Waals surface area contributed by atoms with Crippen LogP contribution in [0, 0.1) is 0 Å². The maximum Gasteiger partial charge on any atom is 0.500 e. The monoisotopic (exact) mass is 635 g/mol. The Morgan fingerprint density at radius 3 is 1.32 bits per heavy atom. The average molecular weight is 636 g/mol. The fourth-order valence-electron chi connectivity index (χ4n) is 7.30. The number of carbonyl (C=O) groups excluding carboxylic acids is 2. The summed E-state index contributed by atoms with van der Waals surface area (Å²) in [5, 5.41) is 0. The van der Waals surface area contributed by atoms with Gasteiger partial charge in [0.2, 0.25) is 0 Å². The SMILES string of the molecule is CCN(CCC[Si](OC)(OC)OC)C(CC(=O)O[Si](C(C)C)(C(C)C)C(C)C)C(=O)O[Si](C(C)C)(C(C)C)C(C)C. The molecule has 0 radical (unpaired) electrons. The topological polar surface area (TPSA) is 83.5 Å². The van der Waals surface area contributed by atoms with Crippen LogP contribution < -0.4 is 0 Å². The van der Waals surface area contributed by atoms with Gasteiger partial charge in [-0.3, -0.25) is 14.5 Å². The van der Waals surface area contributed by atoms with E-state index in [9.17, 15) is 9.59 Å². The largest absolute Gasteiger partial charge is 0.518 e. The molecule has 0 N–H and O–H groups in total. The molecule has 11 heteroatoms. The molecule has 0 saturated heterocycles. The summed E-state index contributed by atoms with van der Waals surface area (Å²) < 4.78 is 30.0. The van der Waals surface area contributed by atoms with Crippen molar-refractivity contribution in [2.45, 2.75) is 148 Å². The highest BCUT2D eigenvalue weighted by Crippen LogP contribution is 2.44. The van der Waals surface area contributed by atoms with Crippen molar-refractivity contribution in [3.05, 3.63) is 0 Å². The van der Waals surface area contributed by atoms with Crippen LogP contribution in [0.15, 0.2) is 0 Å². The molecule has 0 fully saturated rings. The third-order valence-corrected chi connectivity index (χ3v) is 24.1. The molecule has 0 saturated carbocycles. The number of hydrogen-bond donors (Lipinski definition) is 0. The van der Waals surface area contributed by atoms with Crippen LogP contribution in [0.5, 0.6) is 0 Å². The Balaban J connectivity index is 6.47. The van der Waals surface area contributed by atoms with Crippen molar-refractivity contribution in [3.63, 3.8) is 0 Å². The van der Waals surface area contributed by atoms with E-state index in [-0.39, 0.29) is 51.6 Å². The molecule has 0 aromatic heterocycles. The smallest absolute Gasteiger partial charge is 0.500 e. The van der Waals surface area contributed by atoms with E-state index in [0.29, 0.717) is 25.6 Å². The molecule has 0 aromatic carbocycles. The summed E-state index contributed by atoms with van der Waals surface area (Å²) in [5.74, 6) is -0.598. The zero-order chi connectivity index (χ0) is 32.3. The Hall–Kier alpha value is -0.569. The lowest BCUT2D eigenvalue weighted by atomic mass is 10.1. The van der Waals surface area contributed by atoms with Gasteiger partial charge in [-0.1, -0.05) is 90.0 Å². The van der Waals surface area contributed by atoms with Crippen LogP contribution in [0.25, 0.3) is 0 Å². The number of hydrogen-bond acceptors (Lipinski definition) is 8. The van der Waals surface area contributed by atoms with Crippen LogP contribution in [0.1, 0.15) is 103 Å². The minimum Gasteiger partial charge on any atom is -0.518 e. The summed E-state index contributed by atoms with van der Waals surface area (Å²) in [4.78, 5) is 30.1. The van der Waals surface area contributed by atoms with E-state index in [1.54, 1.807) is 21.3 Å². The van der Waals surface area contributed by atoms with Crippen molar-refractivity contribution in [2.24, 2.45) is 0 Å². The molecule has 0 amide bonds. The van der Waals surface area contributed by atoms with Gasteiger partial charge in [0.1, 0.15) is 6.04 Å². The lowest BCUT2D eigenvalue weighted by Gasteiger charge is -2.43. The van der Waals surface area contributed by atoms with Gasteiger partial charge in [0, 0.05) is 27.4 Å². The van der Waals surface area contributed by atoms with E-state index < -0.39 is 31.5 Å². The first-order valence-corrected chi connectivity index (χ1v) is 21.9. The number of likely N-dealkylation sites (N-methyl/N-ethyl adjacent to an activating group) is 1. The standard InChI is InChI=1S/C30H65NO7Si3/c1-17-31(19-18-20-39(34-14,35-15)36-16)28(30(33)38-41(25(8)9,26(10)11)27(12)13)21-29(32)37-40(22(2)3,23(4)5)24(6)7/h22-28H,17-21H2,1-16H3. The lowest BCUT2D eigenvalue weighted by molar-refractivity contribution is -0.148. The minimum absolute atomic E-state index is 0.0201. The normalized spacial score (nSPS) is 14.3. The van der Waals surface area contributed by atoms with E-state index in [1.165, 1.54) is 0 Å². The van der Waals surface area contributed by atoms with Gasteiger partial charge in [-0.25, -0.2) is 0 Å². The molecule has 1 unspecified atom stereocenters. The summed E-state index contributed by atoms with van der Waals surface area (Å²) >= 11 is 0. The highest BCUT2D eigenvalue weighted by Gasteiger charge is 2.51. The molecule has 8 nitrogen and oxygen atoms in total. The van der Waals surface area contributed by atoms with Crippen LogP contribution in [0.4, 0.5) is 0 Å². The Kier molecular flexibility index (Phi) is 17.4. The van der Waals surface area contributed by atoms with Gasteiger partial charge >= 0.3 is 14.8 Å². The molecule has 1 atom stereocenters. The van der Waals surface area contributed by atoms with Gasteiger partial charge < -0.3 is 22.1 Å². The van der Waals surface area contributed by atoms with E-state index in [0.717, 1.165) is 0 Å². The molecule has 0 aliphatic carbocycles. The van der Waals surface area contributed by atoms with Gasteiger partial charge in [-0.15, -0.1) is 0 Å². The molecule has 41 heavy (non-hydrogen) atoms. The van der Waals surface area contributed by atoms with Gasteiger partial charge in [0.15, 0.2) is 0 Å². The fraction of sp³-hybridized carbons (Fsp3) is 0.933. The summed E-state index contributed by atoms with van der Waals surface area (Å²) in [5.41, 5.74) is 1.52. The maximum atomic E-state index is 14.2. The van der Waals surface area contributed by atoms with Gasteiger partial charge in [0.25, 0.3) is 22.6 Å². The maximum absolute atomic E-state index is 14.2. The molecule has 0 aliphatic heterocycles. The van der Waals surface area contributed by atoms with Crippen LogP contribution >= 0.6 is 0 Å². The van der Waals surface area contributed by atoms with Crippen molar-refractivity contribution in [1.29, 1.82) is 0 Å². The highest BCUT2D eigenvalue weighted by molar-refractivity contribution is 6.79. The first kappa shape index (κ1) is 40.4. The third kappa shape index (κ3) is 9.71. The Morgan fingerprint density at radius 2 is 1.00 bits per heavy atom. The van der Waals surface area contributed by atoms with Crippen LogP contribution in [-0.4, -0.2) is 82.7 Å².